The lowest BCUT2D eigenvalue weighted by Crippen LogP contribution is -2.28. The molecule has 0 aliphatic rings. The number of hydrogen-bond acceptors (Lipinski definition) is 4. The number of aliphatic carboxylic acids is 1. The van der Waals surface area contributed by atoms with Crippen LogP contribution in [0.2, 0.25) is 0 Å². The van der Waals surface area contributed by atoms with Crippen LogP contribution in [0, 0.1) is 0 Å². The summed E-state index contributed by atoms with van der Waals surface area (Å²) in [4.78, 5) is 34.7. The number of Topliss-reactive ketones (excluding diaryl/α,β-unsaturated/α-hetero) is 1. The molecule has 2 rings (SSSR count). The summed E-state index contributed by atoms with van der Waals surface area (Å²) in [5.41, 5.74) is 0.883. The quantitative estimate of drug-likeness (QED) is 0.503. The van der Waals surface area contributed by atoms with E-state index in [2.05, 4.69) is 5.32 Å². The van der Waals surface area contributed by atoms with Gasteiger partial charge in [-0.3, -0.25) is 14.4 Å². The second kappa shape index (κ2) is 9.17. The zero-order valence-electron chi connectivity index (χ0n) is 16.3. The van der Waals surface area contributed by atoms with E-state index in [1.54, 1.807) is 62.4 Å². The number of hydrogen-bond donors (Lipinski definition) is 2. The Morgan fingerprint density at radius 2 is 1.75 bits per heavy atom. The number of ether oxygens (including phenoxy) is 1. The maximum Gasteiger partial charge on any atom is 0.313 e. The van der Waals surface area contributed by atoms with Crippen molar-refractivity contribution in [1.82, 2.24) is 0 Å². The highest BCUT2D eigenvalue weighted by Crippen LogP contribution is 2.24. The van der Waals surface area contributed by atoms with Gasteiger partial charge in [-0.25, -0.2) is 0 Å². The SMILES string of the molecule is CC(=O)c1cccc(OCCCC(=O)Nc2ccc(C(C)(C)C(=O)O)cc2)c1. The van der Waals surface area contributed by atoms with Gasteiger partial charge in [0, 0.05) is 17.7 Å². The van der Waals surface area contributed by atoms with Crippen molar-refractivity contribution in [3.63, 3.8) is 0 Å². The van der Waals surface area contributed by atoms with Crippen LogP contribution in [-0.4, -0.2) is 29.4 Å². The minimum atomic E-state index is -0.987. The molecule has 0 unspecified atom stereocenters. The normalized spacial score (nSPS) is 11.0. The van der Waals surface area contributed by atoms with Crippen molar-refractivity contribution in [3.05, 3.63) is 59.7 Å². The fourth-order valence-corrected chi connectivity index (χ4v) is 2.54. The van der Waals surface area contributed by atoms with Gasteiger partial charge in [0.25, 0.3) is 0 Å². The summed E-state index contributed by atoms with van der Waals surface area (Å²) < 4.78 is 5.59. The molecular formula is C22H25NO5. The van der Waals surface area contributed by atoms with Gasteiger partial charge in [-0.2, -0.15) is 0 Å². The summed E-state index contributed by atoms with van der Waals surface area (Å²) in [6.07, 6.45) is 0.815. The molecule has 0 aliphatic heterocycles. The zero-order valence-corrected chi connectivity index (χ0v) is 16.3. The van der Waals surface area contributed by atoms with Gasteiger partial charge in [-0.1, -0.05) is 24.3 Å². The molecule has 0 radical (unpaired) electrons. The van der Waals surface area contributed by atoms with E-state index in [1.165, 1.54) is 6.92 Å². The first-order chi connectivity index (χ1) is 13.2. The molecular weight excluding hydrogens is 358 g/mol. The van der Waals surface area contributed by atoms with Crippen molar-refractivity contribution >= 4 is 23.3 Å². The molecule has 1 amide bonds. The number of rotatable bonds is 9. The first-order valence-corrected chi connectivity index (χ1v) is 9.08. The van der Waals surface area contributed by atoms with Crippen molar-refractivity contribution in [2.24, 2.45) is 0 Å². The topological polar surface area (TPSA) is 92.7 Å². The molecule has 0 saturated carbocycles. The monoisotopic (exact) mass is 383 g/mol. The Morgan fingerprint density at radius 1 is 1.07 bits per heavy atom. The molecule has 28 heavy (non-hydrogen) atoms. The van der Waals surface area contributed by atoms with Crippen LogP contribution in [0.5, 0.6) is 5.75 Å². The lowest BCUT2D eigenvalue weighted by molar-refractivity contribution is -0.142. The fourth-order valence-electron chi connectivity index (χ4n) is 2.54. The van der Waals surface area contributed by atoms with Crippen LogP contribution in [0.1, 0.15) is 49.5 Å². The molecule has 0 fully saturated rings. The third kappa shape index (κ3) is 5.67. The Bertz CT molecular complexity index is 855. The van der Waals surface area contributed by atoms with Gasteiger partial charge in [-0.15, -0.1) is 0 Å². The lowest BCUT2D eigenvalue weighted by Gasteiger charge is -2.19. The maximum atomic E-state index is 12.1. The summed E-state index contributed by atoms with van der Waals surface area (Å²) in [7, 11) is 0. The van der Waals surface area contributed by atoms with Crippen molar-refractivity contribution < 1.29 is 24.2 Å². The van der Waals surface area contributed by atoms with Gasteiger partial charge < -0.3 is 15.2 Å². The lowest BCUT2D eigenvalue weighted by atomic mass is 9.85. The molecule has 0 saturated heterocycles. The van der Waals surface area contributed by atoms with Crippen LogP contribution in [0.15, 0.2) is 48.5 Å². The van der Waals surface area contributed by atoms with Crippen LogP contribution < -0.4 is 10.1 Å². The highest BCUT2D eigenvalue weighted by Gasteiger charge is 2.29. The minimum absolute atomic E-state index is 0.0254. The highest BCUT2D eigenvalue weighted by molar-refractivity contribution is 5.94. The molecule has 2 aromatic carbocycles. The third-order valence-electron chi connectivity index (χ3n) is 4.48. The van der Waals surface area contributed by atoms with Crippen LogP contribution in [0.25, 0.3) is 0 Å². The maximum absolute atomic E-state index is 12.1. The standard InChI is InChI=1S/C22H25NO5/c1-15(24)16-6-4-7-19(14-16)28-13-5-8-20(25)23-18-11-9-17(10-12-18)22(2,3)21(26)27/h4,6-7,9-12,14H,5,8,13H2,1-3H3,(H,23,25)(H,26,27). The number of carboxylic acids is 1. The van der Waals surface area contributed by atoms with Crippen LogP contribution in [0.4, 0.5) is 5.69 Å². The van der Waals surface area contributed by atoms with E-state index in [0.29, 0.717) is 35.6 Å². The molecule has 0 atom stereocenters. The van der Waals surface area contributed by atoms with Gasteiger partial charge in [0.05, 0.1) is 12.0 Å². The smallest absolute Gasteiger partial charge is 0.313 e. The van der Waals surface area contributed by atoms with E-state index in [9.17, 15) is 19.5 Å². The molecule has 6 heteroatoms. The zero-order chi connectivity index (χ0) is 20.7. The third-order valence-corrected chi connectivity index (χ3v) is 4.48. The summed E-state index contributed by atoms with van der Waals surface area (Å²) in [5, 5.41) is 12.0. The average Bonchev–Trinajstić information content (AvgIpc) is 2.66. The molecule has 0 heterocycles. The Morgan fingerprint density at radius 3 is 2.36 bits per heavy atom. The Labute approximate surface area is 164 Å². The first-order valence-electron chi connectivity index (χ1n) is 9.08. The van der Waals surface area contributed by atoms with Gasteiger partial charge >= 0.3 is 5.97 Å². The summed E-state index contributed by atoms with van der Waals surface area (Å²) in [6.45, 7) is 5.13. The molecule has 0 aliphatic carbocycles. The molecule has 148 valence electrons. The number of benzene rings is 2. The second-order valence-corrected chi connectivity index (χ2v) is 7.09. The van der Waals surface area contributed by atoms with Crippen LogP contribution in [-0.2, 0) is 15.0 Å². The molecule has 2 aromatic rings. The van der Waals surface area contributed by atoms with E-state index in [1.807, 2.05) is 0 Å². The van der Waals surface area contributed by atoms with Gasteiger partial charge in [0.1, 0.15) is 5.75 Å². The fraction of sp³-hybridized carbons (Fsp3) is 0.318. The Balaban J connectivity index is 1.79. The van der Waals surface area contributed by atoms with Gasteiger partial charge in [-0.05, 0) is 57.0 Å². The molecule has 0 bridgehead atoms. The largest absolute Gasteiger partial charge is 0.494 e. The molecule has 0 aromatic heterocycles. The van der Waals surface area contributed by atoms with E-state index in [-0.39, 0.29) is 18.1 Å². The number of carbonyl (C=O) groups is 3. The van der Waals surface area contributed by atoms with Crippen LogP contribution >= 0.6 is 0 Å². The minimum Gasteiger partial charge on any atom is -0.494 e. The number of carboxylic acid groups (broad SMARTS) is 1. The summed E-state index contributed by atoms with van der Waals surface area (Å²) >= 11 is 0. The number of carbonyl (C=O) groups excluding carboxylic acids is 2. The summed E-state index contributed by atoms with van der Waals surface area (Å²) in [5.74, 6) is -0.475. The van der Waals surface area contributed by atoms with E-state index >= 15 is 0 Å². The highest BCUT2D eigenvalue weighted by atomic mass is 16.5. The molecule has 6 nitrogen and oxygen atoms in total. The van der Waals surface area contributed by atoms with Gasteiger partial charge in [0.15, 0.2) is 5.78 Å². The number of ketones is 1. The molecule has 0 spiro atoms. The van der Waals surface area contributed by atoms with Crippen molar-refractivity contribution in [3.8, 4) is 5.75 Å². The number of anilines is 1. The van der Waals surface area contributed by atoms with Crippen molar-refractivity contribution in [2.45, 2.75) is 39.0 Å². The predicted molar refractivity (Wildman–Crippen MR) is 107 cm³/mol. The van der Waals surface area contributed by atoms with E-state index < -0.39 is 11.4 Å². The van der Waals surface area contributed by atoms with Crippen molar-refractivity contribution in [2.75, 3.05) is 11.9 Å². The second-order valence-electron chi connectivity index (χ2n) is 7.09. The van der Waals surface area contributed by atoms with Gasteiger partial charge in [0.2, 0.25) is 5.91 Å². The van der Waals surface area contributed by atoms with Crippen molar-refractivity contribution in [1.29, 1.82) is 0 Å². The number of nitrogens with one attached hydrogen (secondary N) is 1. The van der Waals surface area contributed by atoms with E-state index in [0.717, 1.165) is 0 Å². The van der Waals surface area contributed by atoms with E-state index in [4.69, 9.17) is 4.74 Å². The first kappa shape index (κ1) is 21.2. The summed E-state index contributed by atoms with van der Waals surface area (Å²) in [6, 6.07) is 13.7. The Kier molecular flexibility index (Phi) is 6.93. The molecule has 2 N–H and O–H groups in total. The van der Waals surface area contributed by atoms with Crippen LogP contribution in [0.3, 0.4) is 0 Å². The average molecular weight is 383 g/mol. The Hall–Kier alpha value is -3.15. The predicted octanol–water partition coefficient (Wildman–Crippen LogP) is 4.05. The number of amides is 1.